The second-order valence-corrected chi connectivity index (χ2v) is 5.51. The largest absolute Gasteiger partial charge is 0.416 e. The minimum Gasteiger partial charge on any atom is -0.334 e. The molecule has 0 bridgehead atoms. The van der Waals surface area contributed by atoms with E-state index in [0.29, 0.717) is 6.54 Å². The number of carbonyl (C=O) groups is 2. The van der Waals surface area contributed by atoms with E-state index in [-0.39, 0.29) is 36.2 Å². The van der Waals surface area contributed by atoms with Gasteiger partial charge in [-0.15, -0.1) is 12.4 Å². The third-order valence-corrected chi connectivity index (χ3v) is 3.74. The van der Waals surface area contributed by atoms with E-state index in [0.717, 1.165) is 25.0 Å². The number of anilines is 1. The molecule has 0 saturated carbocycles. The molecule has 2 amide bonds. The van der Waals surface area contributed by atoms with Crippen molar-refractivity contribution in [1.29, 1.82) is 0 Å². The lowest BCUT2D eigenvalue weighted by molar-refractivity contribution is -0.137. The number of nitrogens with one attached hydrogen (secondary N) is 1. The molecule has 9 heteroatoms. The fraction of sp³-hybridized carbons (Fsp3) is 0.467. The monoisotopic (exact) mass is 365 g/mol. The lowest BCUT2D eigenvalue weighted by atomic mass is 10.1. The number of nitrogens with zero attached hydrogens (tertiary/aromatic N) is 1. The Balaban J connectivity index is 0.00000288. The van der Waals surface area contributed by atoms with E-state index in [4.69, 9.17) is 5.73 Å². The Bertz CT molecular complexity index is 622. The quantitative estimate of drug-likeness (QED) is 0.864. The summed E-state index contributed by atoms with van der Waals surface area (Å²) in [5, 5.41) is 2.29. The van der Waals surface area contributed by atoms with E-state index in [1.165, 1.54) is 17.9 Å². The van der Waals surface area contributed by atoms with Crippen molar-refractivity contribution in [2.45, 2.75) is 32.0 Å². The van der Waals surface area contributed by atoms with Crippen LogP contribution in [-0.4, -0.2) is 35.8 Å². The van der Waals surface area contributed by atoms with E-state index < -0.39 is 23.6 Å². The van der Waals surface area contributed by atoms with Crippen LogP contribution in [0.2, 0.25) is 0 Å². The fourth-order valence-corrected chi connectivity index (χ4v) is 2.70. The molecule has 1 heterocycles. The molecule has 0 aromatic heterocycles. The number of rotatable bonds is 3. The zero-order valence-electron chi connectivity index (χ0n) is 13.0. The molecule has 134 valence electrons. The Morgan fingerprint density at radius 2 is 2.00 bits per heavy atom. The number of halogens is 4. The van der Waals surface area contributed by atoms with Crippen LogP contribution in [0.1, 0.15) is 35.7 Å². The van der Waals surface area contributed by atoms with Crippen LogP contribution in [0.4, 0.5) is 18.9 Å². The molecule has 0 radical (unpaired) electrons. The third kappa shape index (κ3) is 4.61. The van der Waals surface area contributed by atoms with Gasteiger partial charge in [0.1, 0.15) is 0 Å². The maximum Gasteiger partial charge on any atom is 0.416 e. The highest BCUT2D eigenvalue weighted by Crippen LogP contribution is 2.33. The third-order valence-electron chi connectivity index (χ3n) is 3.74. The number of benzene rings is 1. The average molecular weight is 366 g/mol. The van der Waals surface area contributed by atoms with Crippen molar-refractivity contribution in [3.05, 3.63) is 29.3 Å². The molecular weight excluding hydrogens is 347 g/mol. The topological polar surface area (TPSA) is 75.4 Å². The van der Waals surface area contributed by atoms with Crippen molar-refractivity contribution >= 4 is 29.9 Å². The lowest BCUT2D eigenvalue weighted by Crippen LogP contribution is -2.40. The van der Waals surface area contributed by atoms with E-state index in [9.17, 15) is 22.8 Å². The molecule has 1 aromatic rings. The molecule has 1 unspecified atom stereocenters. The Kier molecular flexibility index (Phi) is 6.62. The van der Waals surface area contributed by atoms with Gasteiger partial charge in [0.15, 0.2) is 0 Å². The summed E-state index contributed by atoms with van der Waals surface area (Å²) in [6.45, 7) is 1.92. The van der Waals surface area contributed by atoms with Crippen LogP contribution >= 0.6 is 12.4 Å². The van der Waals surface area contributed by atoms with Gasteiger partial charge in [0.2, 0.25) is 5.91 Å². The van der Waals surface area contributed by atoms with Gasteiger partial charge in [0, 0.05) is 37.3 Å². The van der Waals surface area contributed by atoms with Crippen molar-refractivity contribution in [3.8, 4) is 0 Å². The second kappa shape index (κ2) is 7.85. The number of nitrogens with two attached hydrogens (primary N) is 1. The number of likely N-dealkylation sites (tertiary alicyclic amines) is 1. The molecule has 3 N–H and O–H groups in total. The summed E-state index contributed by atoms with van der Waals surface area (Å²) in [6, 6.07) is 2.70. The van der Waals surface area contributed by atoms with Crippen LogP contribution in [0.3, 0.4) is 0 Å². The molecular formula is C15H19ClF3N3O2. The molecule has 24 heavy (non-hydrogen) atoms. The van der Waals surface area contributed by atoms with Crippen molar-refractivity contribution in [2.24, 2.45) is 5.73 Å². The first-order valence-electron chi connectivity index (χ1n) is 7.23. The Hall–Kier alpha value is -1.80. The minimum atomic E-state index is -4.61. The summed E-state index contributed by atoms with van der Waals surface area (Å²) in [5.41, 5.74) is 4.46. The summed E-state index contributed by atoms with van der Waals surface area (Å²) in [4.78, 5) is 25.1. The van der Waals surface area contributed by atoms with Gasteiger partial charge in [-0.2, -0.15) is 13.2 Å². The molecule has 0 spiro atoms. The van der Waals surface area contributed by atoms with Crippen LogP contribution in [0, 0.1) is 0 Å². The van der Waals surface area contributed by atoms with Crippen molar-refractivity contribution < 1.29 is 22.8 Å². The molecule has 1 aliphatic heterocycles. The molecule has 5 nitrogen and oxygen atoms in total. The number of alkyl halides is 3. The Morgan fingerprint density at radius 3 is 2.54 bits per heavy atom. The predicted molar refractivity (Wildman–Crippen MR) is 86.1 cm³/mol. The molecule has 1 saturated heterocycles. The summed E-state index contributed by atoms with van der Waals surface area (Å²) in [7, 11) is 0. The standard InChI is InChI=1S/C15H18F3N3O2.ClH/c1-9(22)20-12-6-10(5-11(7-12)15(16,17)18)14(23)21-4-2-3-13(21)8-19;/h5-7,13H,2-4,8,19H2,1H3,(H,20,22);1H. The zero-order valence-corrected chi connectivity index (χ0v) is 13.8. The Labute approximate surface area is 143 Å². The molecule has 0 aliphatic carbocycles. The normalized spacial score (nSPS) is 17.4. The summed E-state index contributed by atoms with van der Waals surface area (Å²) < 4.78 is 39.0. The van der Waals surface area contributed by atoms with Crippen molar-refractivity contribution in [1.82, 2.24) is 4.90 Å². The van der Waals surface area contributed by atoms with Crippen LogP contribution in [0.15, 0.2) is 18.2 Å². The highest BCUT2D eigenvalue weighted by molar-refractivity contribution is 5.97. The van der Waals surface area contributed by atoms with Crippen molar-refractivity contribution in [3.63, 3.8) is 0 Å². The number of carbonyl (C=O) groups excluding carboxylic acids is 2. The molecule has 1 aliphatic rings. The number of hydrogen-bond donors (Lipinski definition) is 2. The first-order chi connectivity index (χ1) is 10.7. The Morgan fingerprint density at radius 1 is 1.33 bits per heavy atom. The average Bonchev–Trinajstić information content (AvgIpc) is 2.92. The maximum absolute atomic E-state index is 13.0. The highest BCUT2D eigenvalue weighted by atomic mass is 35.5. The smallest absolute Gasteiger partial charge is 0.334 e. The molecule has 1 atom stereocenters. The van der Waals surface area contributed by atoms with Crippen LogP contribution in [0.25, 0.3) is 0 Å². The van der Waals surface area contributed by atoms with Gasteiger partial charge in [-0.25, -0.2) is 0 Å². The van der Waals surface area contributed by atoms with E-state index in [1.807, 2.05) is 0 Å². The van der Waals surface area contributed by atoms with Gasteiger partial charge >= 0.3 is 6.18 Å². The summed E-state index contributed by atoms with van der Waals surface area (Å²) in [5.74, 6) is -1.01. The van der Waals surface area contributed by atoms with E-state index in [1.54, 1.807) is 0 Å². The van der Waals surface area contributed by atoms with Crippen LogP contribution < -0.4 is 11.1 Å². The molecule has 1 fully saturated rings. The lowest BCUT2D eigenvalue weighted by Gasteiger charge is -2.24. The zero-order chi connectivity index (χ0) is 17.2. The van der Waals surface area contributed by atoms with E-state index >= 15 is 0 Å². The van der Waals surface area contributed by atoms with Gasteiger partial charge in [0.05, 0.1) is 5.56 Å². The van der Waals surface area contributed by atoms with Crippen molar-refractivity contribution in [2.75, 3.05) is 18.4 Å². The summed E-state index contributed by atoms with van der Waals surface area (Å²) in [6.07, 6.45) is -3.10. The number of amides is 2. The van der Waals surface area contributed by atoms with Gasteiger partial charge in [-0.1, -0.05) is 0 Å². The van der Waals surface area contributed by atoms with Crippen LogP contribution in [-0.2, 0) is 11.0 Å². The SMILES string of the molecule is CC(=O)Nc1cc(C(=O)N2CCCC2CN)cc(C(F)(F)F)c1.Cl. The molecule has 1 aromatic carbocycles. The second-order valence-electron chi connectivity index (χ2n) is 5.51. The van der Waals surface area contributed by atoms with Crippen LogP contribution in [0.5, 0.6) is 0 Å². The first kappa shape index (κ1) is 20.2. The van der Waals surface area contributed by atoms with Gasteiger partial charge in [0.25, 0.3) is 5.91 Å². The fourth-order valence-electron chi connectivity index (χ4n) is 2.70. The van der Waals surface area contributed by atoms with E-state index in [2.05, 4.69) is 5.32 Å². The maximum atomic E-state index is 13.0. The highest BCUT2D eigenvalue weighted by Gasteiger charge is 2.34. The molecule has 2 rings (SSSR count). The van der Waals surface area contributed by atoms with Gasteiger partial charge in [-0.3, -0.25) is 9.59 Å². The predicted octanol–water partition coefficient (Wildman–Crippen LogP) is 2.65. The minimum absolute atomic E-state index is 0. The number of hydrogen-bond acceptors (Lipinski definition) is 3. The van der Waals surface area contributed by atoms with Gasteiger partial charge in [-0.05, 0) is 31.0 Å². The summed E-state index contributed by atoms with van der Waals surface area (Å²) >= 11 is 0. The first-order valence-corrected chi connectivity index (χ1v) is 7.23. The van der Waals surface area contributed by atoms with Gasteiger partial charge < -0.3 is 16.0 Å².